The van der Waals surface area contributed by atoms with Crippen LogP contribution >= 0.6 is 27.3 Å². The van der Waals surface area contributed by atoms with E-state index in [2.05, 4.69) is 31.4 Å². The van der Waals surface area contributed by atoms with Crippen molar-refractivity contribution in [3.8, 4) is 17.6 Å². The number of nitrogens with one attached hydrogen (secondary N) is 1. The lowest BCUT2D eigenvalue weighted by Gasteiger charge is -2.11. The molecule has 0 aliphatic rings. The minimum atomic E-state index is -0.541. The third-order valence-corrected chi connectivity index (χ3v) is 5.75. The summed E-state index contributed by atoms with van der Waals surface area (Å²) in [7, 11) is 1.54. The average molecular weight is 513 g/mol. The molecule has 0 bridgehead atoms. The highest BCUT2D eigenvalue weighted by Crippen LogP contribution is 2.30. The number of benzene rings is 2. The van der Waals surface area contributed by atoms with Gasteiger partial charge in [-0.15, -0.1) is 10.2 Å². The van der Waals surface area contributed by atoms with E-state index in [0.29, 0.717) is 28.8 Å². The van der Waals surface area contributed by atoms with Gasteiger partial charge in [0, 0.05) is 10.9 Å². The van der Waals surface area contributed by atoms with Crippen LogP contribution in [0.1, 0.15) is 29.5 Å². The van der Waals surface area contributed by atoms with Crippen LogP contribution in [0.3, 0.4) is 0 Å². The maximum Gasteiger partial charge on any atom is 0.268 e. The fourth-order valence-electron chi connectivity index (χ4n) is 2.73. The highest BCUT2D eigenvalue weighted by molar-refractivity contribution is 9.10. The summed E-state index contributed by atoms with van der Waals surface area (Å²) in [5.74, 6) is 0.524. The predicted octanol–water partition coefficient (Wildman–Crippen LogP) is 5.39. The summed E-state index contributed by atoms with van der Waals surface area (Å²) in [5.41, 5.74) is 1.60. The van der Waals surface area contributed by atoms with E-state index in [1.54, 1.807) is 18.2 Å². The Morgan fingerprint density at radius 1 is 1.22 bits per heavy atom. The number of methoxy groups -OCH3 is 1. The van der Waals surface area contributed by atoms with Gasteiger partial charge in [0.25, 0.3) is 5.91 Å². The molecule has 164 valence electrons. The molecule has 0 aliphatic heterocycles. The molecule has 3 rings (SSSR count). The molecule has 3 aromatic rings. The Hall–Kier alpha value is -3.22. The number of aryl methyl sites for hydroxylation is 1. The normalized spacial score (nSPS) is 11.0. The molecule has 7 nitrogen and oxygen atoms in total. The number of hydrogen-bond acceptors (Lipinski definition) is 7. The van der Waals surface area contributed by atoms with E-state index in [-0.39, 0.29) is 5.57 Å². The second-order valence-corrected chi connectivity index (χ2v) is 8.68. The third-order valence-electron chi connectivity index (χ3n) is 4.32. The molecular weight excluding hydrogens is 492 g/mol. The monoisotopic (exact) mass is 512 g/mol. The average Bonchev–Trinajstić information content (AvgIpc) is 3.24. The lowest BCUT2D eigenvalue weighted by atomic mass is 10.1. The van der Waals surface area contributed by atoms with Gasteiger partial charge in [-0.2, -0.15) is 5.26 Å². The molecule has 0 aliphatic carbocycles. The summed E-state index contributed by atoms with van der Waals surface area (Å²) in [4.78, 5) is 12.5. The van der Waals surface area contributed by atoms with E-state index in [1.165, 1.54) is 24.5 Å². The van der Waals surface area contributed by atoms with Crippen molar-refractivity contribution in [2.75, 3.05) is 12.4 Å². The second-order valence-electron chi connectivity index (χ2n) is 6.70. The van der Waals surface area contributed by atoms with Crippen molar-refractivity contribution in [2.24, 2.45) is 0 Å². The summed E-state index contributed by atoms with van der Waals surface area (Å²) in [5, 5.41) is 21.3. The van der Waals surface area contributed by atoms with Crippen molar-refractivity contribution in [1.82, 2.24) is 10.2 Å². The first-order valence-electron chi connectivity index (χ1n) is 9.83. The molecule has 0 unspecified atom stereocenters. The van der Waals surface area contributed by atoms with Crippen molar-refractivity contribution >= 4 is 44.4 Å². The standard InChI is InChI=1S/C23H21BrN4O3S/c1-3-4-21-27-28-23(32-21)26-22(29)17(13-25)11-16-7-10-19(20(12-16)30-2)31-14-15-5-8-18(24)9-6-15/h5-12H,3-4,14H2,1-2H3,(H,26,28,29). The van der Waals surface area contributed by atoms with Crippen LogP contribution in [0, 0.1) is 11.3 Å². The fourth-order valence-corrected chi connectivity index (χ4v) is 3.83. The molecule has 0 saturated carbocycles. The Labute approximate surface area is 198 Å². The summed E-state index contributed by atoms with van der Waals surface area (Å²) >= 11 is 4.71. The first kappa shape index (κ1) is 23.4. The van der Waals surface area contributed by atoms with Crippen LogP contribution in [0.5, 0.6) is 11.5 Å². The molecule has 0 saturated heterocycles. The topological polar surface area (TPSA) is 97.1 Å². The van der Waals surface area contributed by atoms with Crippen LogP contribution in [0.25, 0.3) is 6.08 Å². The number of hydrogen-bond donors (Lipinski definition) is 1. The van der Waals surface area contributed by atoms with Crippen LogP contribution in [0.15, 0.2) is 52.5 Å². The van der Waals surface area contributed by atoms with E-state index in [9.17, 15) is 10.1 Å². The molecule has 0 atom stereocenters. The molecule has 2 aromatic carbocycles. The molecule has 9 heteroatoms. The Bertz CT molecular complexity index is 1150. The molecule has 1 amide bonds. The minimum absolute atomic E-state index is 0.0529. The molecule has 32 heavy (non-hydrogen) atoms. The number of ether oxygens (including phenoxy) is 2. The predicted molar refractivity (Wildman–Crippen MR) is 128 cm³/mol. The quantitative estimate of drug-likeness (QED) is 0.305. The number of rotatable bonds is 9. The smallest absolute Gasteiger partial charge is 0.268 e. The highest BCUT2D eigenvalue weighted by Gasteiger charge is 2.14. The van der Waals surface area contributed by atoms with Crippen molar-refractivity contribution in [2.45, 2.75) is 26.4 Å². The Morgan fingerprint density at radius 2 is 2.00 bits per heavy atom. The molecule has 1 heterocycles. The Morgan fingerprint density at radius 3 is 2.69 bits per heavy atom. The maximum atomic E-state index is 12.5. The number of halogens is 1. The zero-order chi connectivity index (χ0) is 22.9. The molecule has 0 radical (unpaired) electrons. The number of amides is 1. The van der Waals surface area contributed by atoms with Crippen LogP contribution in [-0.4, -0.2) is 23.2 Å². The Kier molecular flexibility index (Phi) is 8.36. The van der Waals surface area contributed by atoms with Crippen LogP contribution in [0.2, 0.25) is 0 Å². The van der Waals surface area contributed by atoms with Crippen LogP contribution < -0.4 is 14.8 Å². The van der Waals surface area contributed by atoms with Gasteiger partial charge in [-0.3, -0.25) is 10.1 Å². The van der Waals surface area contributed by atoms with Gasteiger partial charge in [0.05, 0.1) is 7.11 Å². The van der Waals surface area contributed by atoms with Crippen LogP contribution in [-0.2, 0) is 17.8 Å². The summed E-state index contributed by atoms with van der Waals surface area (Å²) in [6, 6.07) is 15.0. The van der Waals surface area contributed by atoms with E-state index in [4.69, 9.17) is 9.47 Å². The summed E-state index contributed by atoms with van der Waals surface area (Å²) in [6.45, 7) is 2.42. The lowest BCUT2D eigenvalue weighted by Crippen LogP contribution is -2.13. The number of carbonyl (C=O) groups excluding carboxylic acids is 1. The summed E-state index contributed by atoms with van der Waals surface area (Å²) in [6.07, 6.45) is 3.23. The van der Waals surface area contributed by atoms with Crippen molar-refractivity contribution < 1.29 is 14.3 Å². The largest absolute Gasteiger partial charge is 0.493 e. The molecule has 1 N–H and O–H groups in total. The highest BCUT2D eigenvalue weighted by atomic mass is 79.9. The fraction of sp³-hybridized carbons (Fsp3) is 0.217. The zero-order valence-electron chi connectivity index (χ0n) is 17.6. The Balaban J connectivity index is 1.71. The van der Waals surface area contributed by atoms with E-state index in [1.807, 2.05) is 37.3 Å². The van der Waals surface area contributed by atoms with Gasteiger partial charge in [-0.1, -0.05) is 52.4 Å². The van der Waals surface area contributed by atoms with Crippen LogP contribution in [0.4, 0.5) is 5.13 Å². The van der Waals surface area contributed by atoms with E-state index < -0.39 is 5.91 Å². The SMILES string of the molecule is CCCc1nnc(NC(=O)C(C#N)=Cc2ccc(OCc3ccc(Br)cc3)c(OC)c2)s1. The van der Waals surface area contributed by atoms with E-state index >= 15 is 0 Å². The number of anilines is 1. The van der Waals surface area contributed by atoms with Gasteiger partial charge < -0.3 is 9.47 Å². The van der Waals surface area contributed by atoms with Gasteiger partial charge in [0.2, 0.25) is 5.13 Å². The number of carbonyl (C=O) groups is 1. The van der Waals surface area contributed by atoms with Gasteiger partial charge >= 0.3 is 0 Å². The van der Waals surface area contributed by atoms with E-state index in [0.717, 1.165) is 27.9 Å². The third kappa shape index (κ3) is 6.39. The number of aromatic nitrogens is 2. The van der Waals surface area contributed by atoms with Gasteiger partial charge in [-0.25, -0.2) is 0 Å². The summed E-state index contributed by atoms with van der Waals surface area (Å²) < 4.78 is 12.3. The first-order chi connectivity index (χ1) is 15.5. The second kappa shape index (κ2) is 11.4. The van der Waals surface area contributed by atoms with Crippen molar-refractivity contribution in [1.29, 1.82) is 5.26 Å². The maximum absolute atomic E-state index is 12.5. The number of nitriles is 1. The first-order valence-corrected chi connectivity index (χ1v) is 11.4. The molecular formula is C23H21BrN4O3S. The van der Waals surface area contributed by atoms with Crippen molar-refractivity contribution in [3.05, 3.63) is 68.6 Å². The molecule has 0 spiro atoms. The van der Waals surface area contributed by atoms with Gasteiger partial charge in [0.1, 0.15) is 23.3 Å². The van der Waals surface area contributed by atoms with Gasteiger partial charge in [-0.05, 0) is 47.9 Å². The van der Waals surface area contributed by atoms with Gasteiger partial charge in [0.15, 0.2) is 11.5 Å². The molecule has 1 aromatic heterocycles. The number of nitrogens with zero attached hydrogens (tertiary/aromatic N) is 3. The zero-order valence-corrected chi connectivity index (χ0v) is 20.0. The molecule has 0 fully saturated rings. The van der Waals surface area contributed by atoms with Crippen molar-refractivity contribution in [3.63, 3.8) is 0 Å². The minimum Gasteiger partial charge on any atom is -0.493 e. The lowest BCUT2D eigenvalue weighted by molar-refractivity contribution is -0.112.